The van der Waals surface area contributed by atoms with Crippen molar-refractivity contribution in [1.29, 1.82) is 0 Å². The van der Waals surface area contributed by atoms with Crippen molar-refractivity contribution in [3.63, 3.8) is 0 Å². The van der Waals surface area contributed by atoms with E-state index in [1.807, 2.05) is 13.8 Å². The minimum absolute atomic E-state index is 0.00555. The summed E-state index contributed by atoms with van der Waals surface area (Å²) in [5.41, 5.74) is 5.15. The second-order valence-electron chi connectivity index (χ2n) is 8.90. The zero-order valence-corrected chi connectivity index (χ0v) is 20.7. The van der Waals surface area contributed by atoms with Gasteiger partial charge >= 0.3 is 5.97 Å². The van der Waals surface area contributed by atoms with E-state index in [-0.39, 0.29) is 41.6 Å². The summed E-state index contributed by atoms with van der Waals surface area (Å²) < 4.78 is 0. The number of nitrogens with two attached hydrogens (primary N) is 1. The third kappa shape index (κ3) is 7.56. The highest BCUT2D eigenvalue weighted by Gasteiger charge is 2.27. The van der Waals surface area contributed by atoms with Crippen LogP contribution in [0.25, 0.3) is 11.2 Å². The van der Waals surface area contributed by atoms with Crippen LogP contribution in [0.1, 0.15) is 36.3 Å². The molecule has 7 N–H and O–H groups in total. The van der Waals surface area contributed by atoms with Crippen LogP contribution in [0.3, 0.4) is 0 Å². The van der Waals surface area contributed by atoms with Gasteiger partial charge in [-0.15, -0.1) is 0 Å². The Balaban J connectivity index is 1.62. The summed E-state index contributed by atoms with van der Waals surface area (Å²) in [6, 6.07) is 6.60. The molecule has 3 amide bonds. The Morgan fingerprint density at radius 3 is 2.42 bits per heavy atom. The molecular weight excluding hydrogens is 496 g/mol. The number of carboxylic acid groups (broad SMARTS) is 1. The van der Waals surface area contributed by atoms with E-state index in [0.717, 1.165) is 11.8 Å². The van der Waals surface area contributed by atoms with E-state index in [0.29, 0.717) is 0 Å². The fourth-order valence-electron chi connectivity index (χ4n) is 3.57. The Morgan fingerprint density at radius 2 is 1.76 bits per heavy atom. The number of anilines is 1. The number of aliphatic carboxylic acids is 1. The van der Waals surface area contributed by atoms with Gasteiger partial charge in [-0.2, -0.15) is 4.98 Å². The molecule has 0 aliphatic heterocycles. The Morgan fingerprint density at radius 1 is 1.05 bits per heavy atom. The molecule has 3 aromatic rings. The highest BCUT2D eigenvalue weighted by atomic mass is 16.4. The van der Waals surface area contributed by atoms with Gasteiger partial charge in [0.25, 0.3) is 11.5 Å². The number of hydrogen-bond donors (Lipinski definition) is 6. The standard InChI is InChI=1S/C24H28N8O6/c1-12(2)8-14(21(35)30-15(23(37)38)9-13-6-4-3-5-7-13)28-17(33)11-27-20(34)16-10-26-18-19(29-16)31-24(25)32-22(18)36/h3-7,10,12,14-15H,8-9,11H2,1-2H3,(H,27,34)(H,28,33)(H,30,35)(H,37,38)(H3,25,29,31,32,36)/t14-,15-/m0/s1. The lowest BCUT2D eigenvalue weighted by Crippen LogP contribution is -2.54. The van der Waals surface area contributed by atoms with E-state index in [9.17, 15) is 29.1 Å². The summed E-state index contributed by atoms with van der Waals surface area (Å²) in [5.74, 6) is -3.52. The third-order valence-electron chi connectivity index (χ3n) is 5.34. The molecule has 0 aliphatic rings. The van der Waals surface area contributed by atoms with Crippen LogP contribution in [0.5, 0.6) is 0 Å². The van der Waals surface area contributed by atoms with Crippen LogP contribution in [0.4, 0.5) is 5.95 Å². The lowest BCUT2D eigenvalue weighted by molar-refractivity contribution is -0.142. The average molecular weight is 525 g/mol. The van der Waals surface area contributed by atoms with E-state index in [4.69, 9.17) is 5.73 Å². The first-order chi connectivity index (χ1) is 18.0. The summed E-state index contributed by atoms with van der Waals surface area (Å²) in [6.45, 7) is 3.19. The van der Waals surface area contributed by atoms with Gasteiger partial charge in [0.1, 0.15) is 17.8 Å². The molecule has 1 aromatic carbocycles. The second kappa shape index (κ2) is 12.4. The number of nitrogens with zero attached hydrogens (tertiary/aromatic N) is 3. The number of benzene rings is 1. The van der Waals surface area contributed by atoms with Crippen LogP contribution in [-0.2, 0) is 20.8 Å². The van der Waals surface area contributed by atoms with Crippen molar-refractivity contribution < 1.29 is 24.3 Å². The molecule has 2 atom stereocenters. The number of nitrogen functional groups attached to an aromatic ring is 1. The zero-order chi connectivity index (χ0) is 27.8. The molecule has 0 unspecified atom stereocenters. The van der Waals surface area contributed by atoms with Crippen LogP contribution in [0, 0.1) is 5.92 Å². The van der Waals surface area contributed by atoms with Gasteiger partial charge in [0.2, 0.25) is 17.8 Å². The topological polar surface area (TPSA) is 222 Å². The van der Waals surface area contributed by atoms with Crippen molar-refractivity contribution in [3.05, 3.63) is 58.1 Å². The van der Waals surface area contributed by atoms with Crippen LogP contribution < -0.4 is 27.2 Å². The smallest absolute Gasteiger partial charge is 0.326 e. The van der Waals surface area contributed by atoms with Crippen LogP contribution in [-0.4, -0.2) is 67.4 Å². The van der Waals surface area contributed by atoms with Gasteiger partial charge < -0.3 is 26.8 Å². The van der Waals surface area contributed by atoms with Crippen LogP contribution in [0.2, 0.25) is 0 Å². The molecule has 14 heteroatoms. The first-order valence-electron chi connectivity index (χ1n) is 11.7. The summed E-state index contributed by atoms with van der Waals surface area (Å²) in [6.07, 6.45) is 1.36. The SMILES string of the molecule is CC(C)C[C@H](NC(=O)CNC(=O)c1cnc2c(=O)[nH]c(N)nc2n1)C(=O)N[C@@H](Cc1ccccc1)C(=O)O. The Kier molecular flexibility index (Phi) is 9.03. The first-order valence-corrected chi connectivity index (χ1v) is 11.7. The predicted molar refractivity (Wildman–Crippen MR) is 136 cm³/mol. The molecule has 0 bridgehead atoms. The summed E-state index contributed by atoms with van der Waals surface area (Å²) >= 11 is 0. The fraction of sp³-hybridized carbons (Fsp3) is 0.333. The first kappa shape index (κ1) is 27.7. The van der Waals surface area contributed by atoms with Crippen molar-refractivity contribution >= 4 is 40.8 Å². The van der Waals surface area contributed by atoms with Crippen molar-refractivity contribution in [2.45, 2.75) is 38.8 Å². The fourth-order valence-corrected chi connectivity index (χ4v) is 3.57. The third-order valence-corrected chi connectivity index (χ3v) is 5.34. The zero-order valence-electron chi connectivity index (χ0n) is 20.7. The van der Waals surface area contributed by atoms with Crippen LogP contribution >= 0.6 is 0 Å². The number of nitrogens with one attached hydrogen (secondary N) is 4. The number of carbonyl (C=O) groups excluding carboxylic acids is 3. The predicted octanol–water partition coefficient (Wildman–Crippen LogP) is -0.632. The molecule has 14 nitrogen and oxygen atoms in total. The number of hydrogen-bond acceptors (Lipinski definition) is 9. The number of aromatic nitrogens is 4. The summed E-state index contributed by atoms with van der Waals surface area (Å²) in [5, 5.41) is 17.0. The lowest BCUT2D eigenvalue weighted by Gasteiger charge is -2.23. The largest absolute Gasteiger partial charge is 0.480 e. The number of fused-ring (bicyclic) bond motifs is 1. The molecule has 0 fully saturated rings. The van der Waals surface area contributed by atoms with E-state index in [2.05, 4.69) is 35.9 Å². The minimum atomic E-state index is -1.21. The van der Waals surface area contributed by atoms with E-state index < -0.39 is 47.9 Å². The van der Waals surface area contributed by atoms with Crippen molar-refractivity contribution in [3.8, 4) is 0 Å². The Labute approximate surface area is 216 Å². The maximum Gasteiger partial charge on any atom is 0.326 e. The van der Waals surface area contributed by atoms with Crippen molar-refractivity contribution in [1.82, 2.24) is 35.9 Å². The van der Waals surface area contributed by atoms with E-state index in [1.54, 1.807) is 30.3 Å². The number of rotatable bonds is 11. The summed E-state index contributed by atoms with van der Waals surface area (Å²) in [4.78, 5) is 75.4. The van der Waals surface area contributed by atoms with Gasteiger partial charge in [0, 0.05) is 6.42 Å². The molecule has 0 spiro atoms. The second-order valence-corrected chi connectivity index (χ2v) is 8.90. The normalized spacial score (nSPS) is 12.5. The monoisotopic (exact) mass is 524 g/mol. The lowest BCUT2D eigenvalue weighted by atomic mass is 10.0. The summed E-state index contributed by atoms with van der Waals surface area (Å²) in [7, 11) is 0. The maximum atomic E-state index is 12.9. The van der Waals surface area contributed by atoms with Gasteiger partial charge in [-0.1, -0.05) is 44.2 Å². The highest BCUT2D eigenvalue weighted by Crippen LogP contribution is 2.08. The Bertz CT molecular complexity index is 1390. The quantitative estimate of drug-likeness (QED) is 0.186. The molecule has 0 saturated carbocycles. The van der Waals surface area contributed by atoms with Gasteiger partial charge in [-0.05, 0) is 17.9 Å². The molecule has 0 aliphatic carbocycles. The molecular formula is C24H28N8O6. The van der Waals surface area contributed by atoms with E-state index in [1.165, 1.54) is 0 Å². The minimum Gasteiger partial charge on any atom is -0.480 e. The van der Waals surface area contributed by atoms with Gasteiger partial charge in [0.15, 0.2) is 11.2 Å². The number of amides is 3. The Hall–Kier alpha value is -4.88. The molecule has 2 heterocycles. The number of aromatic amines is 1. The van der Waals surface area contributed by atoms with Crippen molar-refractivity contribution in [2.75, 3.05) is 12.3 Å². The van der Waals surface area contributed by atoms with E-state index >= 15 is 0 Å². The highest BCUT2D eigenvalue weighted by molar-refractivity contribution is 5.96. The number of carbonyl (C=O) groups is 4. The average Bonchev–Trinajstić information content (AvgIpc) is 2.86. The van der Waals surface area contributed by atoms with Crippen LogP contribution in [0.15, 0.2) is 41.3 Å². The maximum absolute atomic E-state index is 12.9. The van der Waals surface area contributed by atoms with Gasteiger partial charge in [0.05, 0.1) is 12.7 Å². The molecule has 38 heavy (non-hydrogen) atoms. The van der Waals surface area contributed by atoms with Gasteiger partial charge in [-0.25, -0.2) is 14.8 Å². The molecule has 200 valence electrons. The number of carboxylic acids is 1. The molecule has 3 rings (SSSR count). The molecule has 2 aromatic heterocycles. The number of H-pyrrole nitrogens is 1. The molecule has 0 saturated heterocycles. The van der Waals surface area contributed by atoms with Crippen molar-refractivity contribution in [2.24, 2.45) is 5.92 Å². The van der Waals surface area contributed by atoms with Gasteiger partial charge in [-0.3, -0.25) is 24.2 Å². The molecule has 0 radical (unpaired) electrons.